The summed E-state index contributed by atoms with van der Waals surface area (Å²) in [6.45, 7) is 4.85. The summed E-state index contributed by atoms with van der Waals surface area (Å²) < 4.78 is 18.4. The molecule has 8 nitrogen and oxygen atoms in total. The van der Waals surface area contributed by atoms with E-state index in [1.54, 1.807) is 14.0 Å². The quantitative estimate of drug-likeness (QED) is 0.398. The Bertz CT molecular complexity index is 1130. The van der Waals surface area contributed by atoms with Crippen molar-refractivity contribution in [1.29, 1.82) is 0 Å². The number of carbonyl (C=O) groups is 2. The lowest BCUT2D eigenvalue weighted by molar-refractivity contribution is -0.153. The zero-order valence-corrected chi connectivity index (χ0v) is 18.5. The van der Waals surface area contributed by atoms with Gasteiger partial charge >= 0.3 is 5.97 Å². The van der Waals surface area contributed by atoms with Crippen LogP contribution in [-0.2, 0) is 19.1 Å². The van der Waals surface area contributed by atoms with Crippen LogP contribution in [0, 0.1) is 5.92 Å². The summed E-state index contributed by atoms with van der Waals surface area (Å²) in [7, 11) is 1.57. The number of amides is 1. The van der Waals surface area contributed by atoms with E-state index in [9.17, 15) is 9.59 Å². The van der Waals surface area contributed by atoms with Gasteiger partial charge in [0.05, 0.1) is 43.4 Å². The van der Waals surface area contributed by atoms with Gasteiger partial charge in [0.25, 0.3) is 0 Å². The zero-order chi connectivity index (χ0) is 22.7. The largest absolute Gasteiger partial charge is 0.494 e. The molecule has 0 radical (unpaired) electrons. The lowest BCUT2D eigenvalue weighted by Crippen LogP contribution is -2.51. The molecule has 2 atom stereocenters. The van der Waals surface area contributed by atoms with E-state index in [1.165, 1.54) is 4.90 Å². The van der Waals surface area contributed by atoms with Crippen LogP contribution in [0.15, 0.2) is 48.5 Å². The second kappa shape index (κ2) is 9.40. The summed E-state index contributed by atoms with van der Waals surface area (Å²) in [5, 5.41) is 0. The first-order valence-corrected chi connectivity index (χ1v) is 10.8. The standard InChI is InChI=1S/C24H27N3O5/c1-4-31-19-13-9-6-10-16(19)21-20(23(29)32-5-2)22(28)26(14-15-30-3)24-25-17-11-7-8-12-18(17)27(21)24/h6-13,20-21H,4-5,14-15H2,1-3H3/t20-,21-/m1/s1. The van der Waals surface area contributed by atoms with Crippen molar-refractivity contribution in [3.05, 3.63) is 54.1 Å². The molecule has 0 unspecified atom stereocenters. The van der Waals surface area contributed by atoms with E-state index < -0.39 is 17.9 Å². The van der Waals surface area contributed by atoms with Crippen LogP contribution in [0.4, 0.5) is 5.95 Å². The van der Waals surface area contributed by atoms with Crippen molar-refractivity contribution in [3.8, 4) is 5.75 Å². The molecule has 1 aliphatic heterocycles. The van der Waals surface area contributed by atoms with Crippen molar-refractivity contribution in [2.75, 3.05) is 38.4 Å². The Kier molecular flexibility index (Phi) is 6.41. The lowest BCUT2D eigenvalue weighted by Gasteiger charge is -2.38. The number of anilines is 1. The zero-order valence-electron chi connectivity index (χ0n) is 18.5. The van der Waals surface area contributed by atoms with Gasteiger partial charge in [0.2, 0.25) is 11.9 Å². The molecule has 2 aromatic carbocycles. The molecule has 0 bridgehead atoms. The SMILES string of the molecule is CCOC(=O)[C@H]1C(=O)N(CCOC)c2nc3ccccc3n2[C@@H]1c1ccccc1OCC. The van der Waals surface area contributed by atoms with Crippen LogP contribution in [-0.4, -0.2) is 54.9 Å². The Morgan fingerprint density at radius 3 is 2.56 bits per heavy atom. The van der Waals surface area contributed by atoms with Crippen LogP contribution in [0.3, 0.4) is 0 Å². The van der Waals surface area contributed by atoms with Crippen molar-refractivity contribution in [1.82, 2.24) is 9.55 Å². The second-order valence-corrected chi connectivity index (χ2v) is 7.40. The van der Waals surface area contributed by atoms with Gasteiger partial charge < -0.3 is 18.8 Å². The number of esters is 1. The fourth-order valence-electron chi connectivity index (χ4n) is 4.23. The lowest BCUT2D eigenvalue weighted by atomic mass is 9.89. The van der Waals surface area contributed by atoms with Gasteiger partial charge in [-0.2, -0.15) is 0 Å². The molecule has 2 heterocycles. The first-order chi connectivity index (χ1) is 15.6. The van der Waals surface area contributed by atoms with Crippen LogP contribution >= 0.6 is 0 Å². The predicted octanol–water partition coefficient (Wildman–Crippen LogP) is 3.20. The molecular formula is C24H27N3O5. The number of imidazole rings is 1. The summed E-state index contributed by atoms with van der Waals surface area (Å²) >= 11 is 0. The Balaban J connectivity index is 2.00. The maximum Gasteiger partial charge on any atom is 0.321 e. The van der Waals surface area contributed by atoms with Crippen molar-refractivity contribution in [3.63, 3.8) is 0 Å². The molecule has 3 aromatic rings. The molecule has 1 aromatic heterocycles. The average molecular weight is 437 g/mol. The van der Waals surface area contributed by atoms with Gasteiger partial charge in [-0.15, -0.1) is 0 Å². The number of benzene rings is 2. The third kappa shape index (κ3) is 3.71. The van der Waals surface area contributed by atoms with Gasteiger partial charge in [-0.05, 0) is 32.0 Å². The summed E-state index contributed by atoms with van der Waals surface area (Å²) in [6.07, 6.45) is 0. The number of fused-ring (bicyclic) bond motifs is 3. The molecule has 0 saturated carbocycles. The number of methoxy groups -OCH3 is 1. The first-order valence-electron chi connectivity index (χ1n) is 10.8. The molecule has 1 amide bonds. The van der Waals surface area contributed by atoms with E-state index >= 15 is 0 Å². The summed E-state index contributed by atoms with van der Waals surface area (Å²) in [4.78, 5) is 33.2. The van der Waals surface area contributed by atoms with Crippen molar-refractivity contribution >= 4 is 28.9 Å². The average Bonchev–Trinajstić information content (AvgIpc) is 3.18. The van der Waals surface area contributed by atoms with Crippen LogP contribution < -0.4 is 9.64 Å². The van der Waals surface area contributed by atoms with Crippen LogP contribution in [0.25, 0.3) is 11.0 Å². The maximum absolute atomic E-state index is 13.7. The van der Waals surface area contributed by atoms with E-state index in [1.807, 2.05) is 60.0 Å². The summed E-state index contributed by atoms with van der Waals surface area (Å²) in [5.41, 5.74) is 2.29. The van der Waals surface area contributed by atoms with E-state index in [-0.39, 0.29) is 19.1 Å². The molecule has 0 aliphatic carbocycles. The molecule has 168 valence electrons. The van der Waals surface area contributed by atoms with E-state index in [2.05, 4.69) is 0 Å². The Hall–Kier alpha value is -3.39. The number of hydrogen-bond donors (Lipinski definition) is 0. The Morgan fingerprint density at radius 2 is 1.81 bits per heavy atom. The van der Waals surface area contributed by atoms with Crippen molar-refractivity contribution < 1.29 is 23.8 Å². The van der Waals surface area contributed by atoms with Gasteiger partial charge in [-0.25, -0.2) is 4.98 Å². The predicted molar refractivity (Wildman–Crippen MR) is 120 cm³/mol. The molecule has 4 rings (SSSR count). The number of aromatic nitrogens is 2. The highest BCUT2D eigenvalue weighted by atomic mass is 16.5. The van der Waals surface area contributed by atoms with Crippen LogP contribution in [0.2, 0.25) is 0 Å². The molecule has 0 N–H and O–H groups in total. The third-order valence-corrected chi connectivity index (χ3v) is 5.54. The fourth-order valence-corrected chi connectivity index (χ4v) is 4.23. The molecule has 0 spiro atoms. The van der Waals surface area contributed by atoms with E-state index in [4.69, 9.17) is 19.2 Å². The van der Waals surface area contributed by atoms with E-state index in [0.29, 0.717) is 24.9 Å². The minimum absolute atomic E-state index is 0.179. The van der Waals surface area contributed by atoms with Crippen LogP contribution in [0.1, 0.15) is 25.5 Å². The second-order valence-electron chi connectivity index (χ2n) is 7.40. The number of para-hydroxylation sites is 3. The Labute approximate surface area is 186 Å². The Morgan fingerprint density at radius 1 is 1.06 bits per heavy atom. The highest BCUT2D eigenvalue weighted by molar-refractivity contribution is 6.08. The molecule has 32 heavy (non-hydrogen) atoms. The number of carbonyl (C=O) groups excluding carboxylic acids is 2. The topological polar surface area (TPSA) is 82.9 Å². The fraction of sp³-hybridized carbons (Fsp3) is 0.375. The third-order valence-electron chi connectivity index (χ3n) is 5.54. The molecule has 1 aliphatic rings. The normalized spacial score (nSPS) is 18.0. The molecule has 8 heteroatoms. The smallest absolute Gasteiger partial charge is 0.321 e. The number of ether oxygens (including phenoxy) is 3. The van der Waals surface area contributed by atoms with Crippen molar-refractivity contribution in [2.24, 2.45) is 5.92 Å². The minimum atomic E-state index is -1.08. The van der Waals surface area contributed by atoms with Crippen molar-refractivity contribution in [2.45, 2.75) is 19.9 Å². The van der Waals surface area contributed by atoms with E-state index in [0.717, 1.165) is 16.6 Å². The molecular weight excluding hydrogens is 410 g/mol. The first kappa shape index (κ1) is 21.8. The minimum Gasteiger partial charge on any atom is -0.494 e. The van der Waals surface area contributed by atoms with Gasteiger partial charge in [0.15, 0.2) is 5.92 Å². The number of nitrogens with zero attached hydrogens (tertiary/aromatic N) is 3. The van der Waals surface area contributed by atoms with Gasteiger partial charge in [0, 0.05) is 12.7 Å². The van der Waals surface area contributed by atoms with Gasteiger partial charge in [0.1, 0.15) is 5.75 Å². The number of rotatable bonds is 8. The number of hydrogen-bond acceptors (Lipinski definition) is 6. The van der Waals surface area contributed by atoms with Crippen LogP contribution in [0.5, 0.6) is 5.75 Å². The monoisotopic (exact) mass is 437 g/mol. The van der Waals surface area contributed by atoms with Gasteiger partial charge in [-0.1, -0.05) is 30.3 Å². The van der Waals surface area contributed by atoms with Gasteiger partial charge in [-0.3, -0.25) is 14.5 Å². The maximum atomic E-state index is 13.7. The summed E-state index contributed by atoms with van der Waals surface area (Å²) in [5.74, 6) is -0.918. The molecule has 0 fully saturated rings. The highest BCUT2D eigenvalue weighted by Gasteiger charge is 2.48. The molecule has 0 saturated heterocycles. The summed E-state index contributed by atoms with van der Waals surface area (Å²) in [6, 6.07) is 14.5. The highest BCUT2D eigenvalue weighted by Crippen LogP contribution is 2.43.